The van der Waals surface area contributed by atoms with Crippen molar-refractivity contribution < 1.29 is 13.2 Å². The van der Waals surface area contributed by atoms with E-state index in [0.29, 0.717) is 23.3 Å². The van der Waals surface area contributed by atoms with Gasteiger partial charge in [-0.15, -0.1) is 35.3 Å². The van der Waals surface area contributed by atoms with Gasteiger partial charge < -0.3 is 15.4 Å². The minimum atomic E-state index is -3.39. The summed E-state index contributed by atoms with van der Waals surface area (Å²) in [7, 11) is 1.38. The average Bonchev–Trinajstić information content (AvgIpc) is 3.28. The van der Waals surface area contributed by atoms with E-state index in [1.165, 1.54) is 35.3 Å². The first kappa shape index (κ1) is 22.9. The maximum atomic E-state index is 12.1. The average molecular weight is 536 g/mol. The van der Waals surface area contributed by atoms with E-state index in [0.717, 1.165) is 17.0 Å². The highest BCUT2D eigenvalue weighted by Gasteiger charge is 2.22. The van der Waals surface area contributed by atoms with Crippen LogP contribution in [-0.4, -0.2) is 52.5 Å². The molecule has 1 atom stereocenters. The van der Waals surface area contributed by atoms with Crippen molar-refractivity contribution in [3.63, 3.8) is 0 Å². The zero-order valence-electron chi connectivity index (χ0n) is 16.0. The topological polar surface area (TPSA) is 83.0 Å². The lowest BCUT2D eigenvalue weighted by atomic mass is 10.1. The number of aliphatic imine (C=N–C) groups is 1. The van der Waals surface area contributed by atoms with Gasteiger partial charge in [0.25, 0.3) is 10.0 Å². The van der Waals surface area contributed by atoms with Crippen molar-refractivity contribution >= 4 is 51.3 Å². The molecule has 1 unspecified atom stereocenters. The number of thiophene rings is 1. The minimum Gasteiger partial charge on any atom is -0.488 e. The highest BCUT2D eigenvalue weighted by atomic mass is 127. The van der Waals surface area contributed by atoms with E-state index >= 15 is 0 Å². The summed E-state index contributed by atoms with van der Waals surface area (Å²) in [6, 6.07) is 11.5. The number of ether oxygens (including phenoxy) is 1. The van der Waals surface area contributed by atoms with Crippen molar-refractivity contribution in [1.82, 2.24) is 14.9 Å². The van der Waals surface area contributed by atoms with Crippen molar-refractivity contribution in [3.8, 4) is 5.75 Å². The van der Waals surface area contributed by atoms with Gasteiger partial charge in [0.2, 0.25) is 0 Å². The fourth-order valence-corrected chi connectivity index (χ4v) is 5.21. The first-order valence-electron chi connectivity index (χ1n) is 8.60. The third-order valence-electron chi connectivity index (χ3n) is 4.24. The summed E-state index contributed by atoms with van der Waals surface area (Å²) >= 11 is 1.26. The molecule has 2 aromatic rings. The smallest absolute Gasteiger partial charge is 0.252 e. The van der Waals surface area contributed by atoms with Gasteiger partial charge >= 0.3 is 0 Å². The molecule has 0 radical (unpaired) electrons. The maximum absolute atomic E-state index is 12.1. The predicted octanol–water partition coefficient (Wildman–Crippen LogP) is 2.29. The van der Waals surface area contributed by atoms with Crippen molar-refractivity contribution in [2.45, 2.75) is 23.3 Å². The summed E-state index contributed by atoms with van der Waals surface area (Å²) < 4.78 is 31.8. The van der Waals surface area contributed by atoms with E-state index in [4.69, 9.17) is 4.74 Å². The molecule has 1 aliphatic rings. The second-order valence-corrected chi connectivity index (χ2v) is 9.91. The number of rotatable bonds is 6. The number of hydrogen-bond donors (Lipinski definition) is 2. The van der Waals surface area contributed by atoms with Crippen molar-refractivity contribution in [2.75, 3.05) is 27.7 Å². The minimum absolute atomic E-state index is 0. The molecule has 0 spiro atoms. The lowest BCUT2D eigenvalue weighted by Gasteiger charge is -2.15. The first-order valence-corrected chi connectivity index (χ1v) is 10.9. The molecule has 0 bridgehead atoms. The standard InChI is InChI=1S/C18H24N4O3S2.HI/c1-19-18(20-11-14-10-13-6-4-5-7-16(13)25-14)21-12-15-8-9-17(26-15)27(23,24)22(2)3;/h4-9,14H,10-12H2,1-3H3,(H2,19,20,21);1H. The molecule has 0 fully saturated rings. The van der Waals surface area contributed by atoms with Crippen LogP contribution in [0.15, 0.2) is 45.6 Å². The van der Waals surface area contributed by atoms with Crippen LogP contribution in [0.4, 0.5) is 0 Å². The second kappa shape index (κ2) is 9.90. The molecule has 154 valence electrons. The lowest BCUT2D eigenvalue weighted by molar-refractivity contribution is 0.235. The Kier molecular flexibility index (Phi) is 8.10. The third kappa shape index (κ3) is 5.37. The van der Waals surface area contributed by atoms with E-state index in [-0.39, 0.29) is 30.1 Å². The zero-order chi connectivity index (χ0) is 19.4. The fraction of sp³-hybridized carbons (Fsp3) is 0.389. The van der Waals surface area contributed by atoms with Crippen LogP contribution in [0.25, 0.3) is 0 Å². The van der Waals surface area contributed by atoms with Crippen LogP contribution in [0.5, 0.6) is 5.75 Å². The van der Waals surface area contributed by atoms with Crippen LogP contribution in [0, 0.1) is 0 Å². The van der Waals surface area contributed by atoms with Crippen LogP contribution in [0.3, 0.4) is 0 Å². The number of sulfonamides is 1. The zero-order valence-corrected chi connectivity index (χ0v) is 20.0. The van der Waals surface area contributed by atoms with Crippen LogP contribution in [0.2, 0.25) is 0 Å². The molecular weight excluding hydrogens is 511 g/mol. The summed E-state index contributed by atoms with van der Waals surface area (Å²) in [6.07, 6.45) is 0.941. The number of fused-ring (bicyclic) bond motifs is 1. The summed E-state index contributed by atoms with van der Waals surface area (Å²) in [5.74, 6) is 1.60. The molecule has 0 saturated carbocycles. The van der Waals surface area contributed by atoms with Crippen LogP contribution >= 0.6 is 35.3 Å². The third-order valence-corrected chi connectivity index (χ3v) is 7.60. The Bertz CT molecular complexity index is 903. The van der Waals surface area contributed by atoms with Gasteiger partial charge in [0.05, 0.1) is 13.1 Å². The van der Waals surface area contributed by atoms with Crippen LogP contribution in [0.1, 0.15) is 10.4 Å². The Morgan fingerprint density at radius 1 is 1.25 bits per heavy atom. The molecule has 0 amide bonds. The summed E-state index contributed by atoms with van der Waals surface area (Å²) in [6.45, 7) is 1.14. The number of guanidine groups is 1. The highest BCUT2D eigenvalue weighted by molar-refractivity contribution is 14.0. The van der Waals surface area contributed by atoms with Crippen LogP contribution < -0.4 is 15.4 Å². The van der Waals surface area contributed by atoms with Gasteiger partial charge in [-0.05, 0) is 23.8 Å². The molecule has 10 heteroatoms. The SMILES string of the molecule is CN=C(NCc1ccc(S(=O)(=O)N(C)C)s1)NCC1Cc2ccccc2O1.I. The van der Waals surface area contributed by atoms with Crippen LogP contribution in [-0.2, 0) is 23.0 Å². The Hall–Kier alpha value is -1.37. The van der Waals surface area contributed by atoms with Gasteiger partial charge in [0.15, 0.2) is 5.96 Å². The first-order chi connectivity index (χ1) is 12.9. The lowest BCUT2D eigenvalue weighted by Crippen LogP contribution is -2.41. The number of hydrogen-bond acceptors (Lipinski definition) is 5. The van der Waals surface area contributed by atoms with E-state index in [2.05, 4.69) is 21.7 Å². The van der Waals surface area contributed by atoms with Crippen molar-refractivity contribution in [1.29, 1.82) is 0 Å². The molecule has 7 nitrogen and oxygen atoms in total. The number of nitrogens with zero attached hydrogens (tertiary/aromatic N) is 2. The van der Waals surface area contributed by atoms with Gasteiger partial charge in [-0.2, -0.15) is 0 Å². The largest absolute Gasteiger partial charge is 0.488 e. The summed E-state index contributed by atoms with van der Waals surface area (Å²) in [5.41, 5.74) is 1.22. The molecule has 2 N–H and O–H groups in total. The Morgan fingerprint density at radius 2 is 2.00 bits per heavy atom. The molecule has 1 aromatic carbocycles. The molecule has 3 rings (SSSR count). The fourth-order valence-electron chi connectivity index (χ4n) is 2.74. The van der Waals surface area contributed by atoms with Crippen molar-refractivity contribution in [2.24, 2.45) is 4.99 Å². The maximum Gasteiger partial charge on any atom is 0.252 e. The van der Waals surface area contributed by atoms with E-state index in [1.807, 2.05) is 24.3 Å². The summed E-state index contributed by atoms with van der Waals surface area (Å²) in [5, 5.41) is 6.47. The number of benzene rings is 1. The summed E-state index contributed by atoms with van der Waals surface area (Å²) in [4.78, 5) is 5.13. The Morgan fingerprint density at radius 3 is 2.68 bits per heavy atom. The normalized spacial score (nSPS) is 16.3. The van der Waals surface area contributed by atoms with Gasteiger partial charge in [-0.3, -0.25) is 4.99 Å². The van der Waals surface area contributed by atoms with E-state index in [9.17, 15) is 8.42 Å². The molecule has 0 saturated heterocycles. The van der Waals surface area contributed by atoms with Gasteiger partial charge in [-0.25, -0.2) is 12.7 Å². The predicted molar refractivity (Wildman–Crippen MR) is 123 cm³/mol. The highest BCUT2D eigenvalue weighted by Crippen LogP contribution is 2.27. The molecule has 1 aromatic heterocycles. The van der Waals surface area contributed by atoms with E-state index < -0.39 is 10.0 Å². The molecule has 0 aliphatic carbocycles. The van der Waals surface area contributed by atoms with Gasteiger partial charge in [0, 0.05) is 32.4 Å². The van der Waals surface area contributed by atoms with Gasteiger partial charge in [-0.1, -0.05) is 18.2 Å². The Balaban J connectivity index is 0.00000280. The number of halogens is 1. The molecule has 2 heterocycles. The molecule has 1 aliphatic heterocycles. The van der Waals surface area contributed by atoms with E-state index in [1.54, 1.807) is 13.1 Å². The second-order valence-electron chi connectivity index (χ2n) is 6.37. The quantitative estimate of drug-likeness (QED) is 0.337. The molecular formula is C18H25IN4O3S2. The van der Waals surface area contributed by atoms with Gasteiger partial charge in [0.1, 0.15) is 16.1 Å². The number of para-hydroxylation sites is 1. The number of nitrogens with one attached hydrogen (secondary N) is 2. The monoisotopic (exact) mass is 536 g/mol. The van der Waals surface area contributed by atoms with Crippen molar-refractivity contribution in [3.05, 3.63) is 46.8 Å². The molecule has 28 heavy (non-hydrogen) atoms. The Labute approximate surface area is 187 Å².